The number of hydrogen-bond donors (Lipinski definition) is 3. The number of carboxylic acids is 1. The predicted molar refractivity (Wildman–Crippen MR) is 134 cm³/mol. The Morgan fingerprint density at radius 3 is 2.08 bits per heavy atom. The average molecular weight is 525 g/mol. The van der Waals surface area contributed by atoms with Crippen molar-refractivity contribution in [1.82, 2.24) is 15.5 Å². The molecule has 3 rings (SSSR count). The quantitative estimate of drug-likeness (QED) is 0.193. The van der Waals surface area contributed by atoms with Crippen LogP contribution in [0.25, 0.3) is 0 Å². The summed E-state index contributed by atoms with van der Waals surface area (Å²) in [6.07, 6.45) is -1.38. The number of carbonyl (C=O) groups is 5. The molecule has 38 heavy (non-hydrogen) atoms. The first-order valence-electron chi connectivity index (χ1n) is 11.8. The van der Waals surface area contributed by atoms with Crippen LogP contribution in [0.1, 0.15) is 30.9 Å². The molecule has 0 unspecified atom stereocenters. The Labute approximate surface area is 218 Å². The van der Waals surface area contributed by atoms with Gasteiger partial charge in [-0.2, -0.15) is 0 Å². The zero-order valence-corrected chi connectivity index (χ0v) is 20.7. The standard InChI is InChI=1S/C26H28N4O8/c1-17(31)30-21(23(33)34)20(22(30)32)13-8-14-27-24(28-25(35)37-15-18-9-4-2-5-10-18)29-26(36)38-16-19-11-6-3-7-12-19/h2-7,9-12,20-21H,8,13-16H2,1H3,(H,33,34)(H2,27,28,29,35,36)/t20-,21+/m1/s1. The van der Waals surface area contributed by atoms with E-state index in [1.807, 2.05) is 12.1 Å². The third-order valence-electron chi connectivity index (χ3n) is 5.63. The van der Waals surface area contributed by atoms with Crippen LogP contribution in [-0.4, -0.2) is 58.5 Å². The highest BCUT2D eigenvalue weighted by Gasteiger charge is 2.53. The Kier molecular flexibility index (Phi) is 9.92. The molecule has 4 amide bonds. The smallest absolute Gasteiger partial charge is 0.437 e. The van der Waals surface area contributed by atoms with Gasteiger partial charge in [0.1, 0.15) is 19.3 Å². The number of carbonyl (C=O) groups excluding carboxylic acids is 4. The lowest BCUT2D eigenvalue weighted by Crippen LogP contribution is -2.65. The second-order valence-corrected chi connectivity index (χ2v) is 8.37. The lowest BCUT2D eigenvalue weighted by atomic mass is 9.83. The van der Waals surface area contributed by atoms with Crippen molar-refractivity contribution in [2.24, 2.45) is 10.9 Å². The molecule has 0 saturated carbocycles. The van der Waals surface area contributed by atoms with Gasteiger partial charge in [-0.1, -0.05) is 60.7 Å². The van der Waals surface area contributed by atoms with Crippen LogP contribution in [0.5, 0.6) is 0 Å². The van der Waals surface area contributed by atoms with Crippen molar-refractivity contribution in [2.75, 3.05) is 6.54 Å². The Morgan fingerprint density at radius 1 is 0.947 bits per heavy atom. The van der Waals surface area contributed by atoms with Crippen LogP contribution in [0.2, 0.25) is 0 Å². The van der Waals surface area contributed by atoms with Gasteiger partial charge >= 0.3 is 18.2 Å². The maximum absolute atomic E-state index is 12.3. The molecule has 0 spiro atoms. The van der Waals surface area contributed by atoms with Gasteiger partial charge in [0.05, 0.1) is 5.92 Å². The zero-order chi connectivity index (χ0) is 27.5. The van der Waals surface area contributed by atoms with Crippen molar-refractivity contribution in [3.8, 4) is 0 Å². The summed E-state index contributed by atoms with van der Waals surface area (Å²) in [5, 5.41) is 14.5. The molecular formula is C26H28N4O8. The summed E-state index contributed by atoms with van der Waals surface area (Å²) in [4.78, 5) is 64.2. The van der Waals surface area contributed by atoms with E-state index in [1.54, 1.807) is 48.5 Å². The van der Waals surface area contributed by atoms with Crippen molar-refractivity contribution < 1.29 is 38.6 Å². The number of aliphatic carboxylic acids is 1. The molecule has 0 aromatic heterocycles. The fraction of sp³-hybridized carbons (Fsp3) is 0.308. The minimum atomic E-state index is -1.26. The van der Waals surface area contributed by atoms with E-state index in [-0.39, 0.29) is 38.6 Å². The fourth-order valence-corrected chi connectivity index (χ4v) is 3.80. The molecule has 1 heterocycles. The molecule has 2 aromatic carbocycles. The Morgan fingerprint density at radius 2 is 1.53 bits per heavy atom. The highest BCUT2D eigenvalue weighted by Crippen LogP contribution is 2.30. The summed E-state index contributed by atoms with van der Waals surface area (Å²) in [7, 11) is 0. The van der Waals surface area contributed by atoms with Gasteiger partial charge in [0.2, 0.25) is 17.8 Å². The molecule has 3 N–H and O–H groups in total. The highest BCUT2D eigenvalue weighted by atomic mass is 16.6. The van der Waals surface area contributed by atoms with Crippen molar-refractivity contribution in [2.45, 2.75) is 39.0 Å². The van der Waals surface area contributed by atoms with E-state index in [9.17, 15) is 29.1 Å². The first kappa shape index (κ1) is 27.8. The molecule has 2 aromatic rings. The number of nitrogens with zero attached hydrogens (tertiary/aromatic N) is 2. The minimum absolute atomic E-state index is 0.00851. The first-order chi connectivity index (χ1) is 18.3. The predicted octanol–water partition coefficient (Wildman–Crippen LogP) is 2.43. The summed E-state index contributed by atoms with van der Waals surface area (Å²) >= 11 is 0. The third kappa shape index (κ3) is 7.88. The number of aliphatic imine (C=N–C) groups is 1. The summed E-state index contributed by atoms with van der Waals surface area (Å²) in [5.74, 6) is -3.52. The number of rotatable bonds is 9. The number of hydrogen-bond acceptors (Lipinski definition) is 7. The summed E-state index contributed by atoms with van der Waals surface area (Å²) < 4.78 is 10.3. The largest absolute Gasteiger partial charge is 0.480 e. The maximum Gasteiger partial charge on any atom is 0.437 e. The Bertz CT molecular complexity index is 1190. The van der Waals surface area contributed by atoms with E-state index in [0.717, 1.165) is 23.0 Å². The Hall–Kier alpha value is -4.74. The number of ether oxygens (including phenoxy) is 2. The summed E-state index contributed by atoms with van der Waals surface area (Å²) in [6, 6.07) is 16.7. The number of likely N-dealkylation sites (tertiary alicyclic amines) is 1. The van der Waals surface area contributed by atoms with Gasteiger partial charge in [-0.3, -0.25) is 19.8 Å². The molecule has 1 aliphatic heterocycles. The van der Waals surface area contributed by atoms with Gasteiger partial charge in [-0.05, 0) is 24.0 Å². The number of β-lactam (4-membered cyclic amide) rings is 1. The summed E-state index contributed by atoms with van der Waals surface area (Å²) in [5.41, 5.74) is 1.51. The number of amides is 4. The molecule has 12 nitrogen and oxygen atoms in total. The van der Waals surface area contributed by atoms with Gasteiger partial charge < -0.3 is 19.9 Å². The lowest BCUT2D eigenvalue weighted by Gasteiger charge is -2.42. The zero-order valence-electron chi connectivity index (χ0n) is 20.7. The molecule has 2 atom stereocenters. The van der Waals surface area contributed by atoms with E-state index in [1.165, 1.54) is 0 Å². The molecule has 12 heteroatoms. The molecule has 1 saturated heterocycles. The monoisotopic (exact) mass is 524 g/mol. The molecule has 1 aliphatic rings. The van der Waals surface area contributed by atoms with Crippen LogP contribution in [-0.2, 0) is 37.1 Å². The van der Waals surface area contributed by atoms with Crippen LogP contribution in [0.3, 0.4) is 0 Å². The van der Waals surface area contributed by atoms with E-state index in [4.69, 9.17) is 9.47 Å². The SMILES string of the molecule is CC(=O)N1C(=O)[C@H](CCCNC(=NC(=O)OCc2ccccc2)NC(=O)OCc2ccccc2)[C@H]1C(=O)O. The van der Waals surface area contributed by atoms with E-state index in [2.05, 4.69) is 15.6 Å². The Balaban J connectivity index is 1.56. The molecule has 1 fully saturated rings. The number of guanidine groups is 1. The number of carboxylic acid groups (broad SMARTS) is 1. The van der Waals surface area contributed by atoms with Crippen molar-refractivity contribution in [3.63, 3.8) is 0 Å². The van der Waals surface area contributed by atoms with Gasteiger partial charge in [0, 0.05) is 13.5 Å². The van der Waals surface area contributed by atoms with Crippen LogP contribution in [0.4, 0.5) is 9.59 Å². The van der Waals surface area contributed by atoms with E-state index < -0.39 is 41.9 Å². The van der Waals surface area contributed by atoms with Gasteiger partial charge in [0.15, 0.2) is 0 Å². The van der Waals surface area contributed by atoms with E-state index >= 15 is 0 Å². The van der Waals surface area contributed by atoms with Gasteiger partial charge in [0.25, 0.3) is 0 Å². The number of alkyl carbamates (subject to hydrolysis) is 1. The molecule has 0 aliphatic carbocycles. The van der Waals surface area contributed by atoms with Crippen LogP contribution in [0.15, 0.2) is 65.7 Å². The van der Waals surface area contributed by atoms with Crippen LogP contribution < -0.4 is 10.6 Å². The topological polar surface area (TPSA) is 164 Å². The number of benzene rings is 2. The van der Waals surface area contributed by atoms with Crippen LogP contribution in [0, 0.1) is 5.92 Å². The number of imide groups is 1. The van der Waals surface area contributed by atoms with Gasteiger partial charge in [-0.25, -0.2) is 14.4 Å². The van der Waals surface area contributed by atoms with Crippen molar-refractivity contribution in [1.29, 1.82) is 0 Å². The van der Waals surface area contributed by atoms with E-state index in [0.29, 0.717) is 0 Å². The molecule has 0 radical (unpaired) electrons. The fourth-order valence-electron chi connectivity index (χ4n) is 3.80. The van der Waals surface area contributed by atoms with Crippen molar-refractivity contribution >= 4 is 35.9 Å². The minimum Gasteiger partial charge on any atom is -0.480 e. The third-order valence-corrected chi connectivity index (χ3v) is 5.63. The molecule has 200 valence electrons. The lowest BCUT2D eigenvalue weighted by molar-refractivity contribution is -0.176. The second kappa shape index (κ2) is 13.5. The molecule has 0 bridgehead atoms. The van der Waals surface area contributed by atoms with Gasteiger partial charge in [-0.15, -0.1) is 4.99 Å². The maximum atomic E-state index is 12.3. The van der Waals surface area contributed by atoms with Crippen molar-refractivity contribution in [3.05, 3.63) is 71.8 Å². The first-order valence-corrected chi connectivity index (χ1v) is 11.8. The second-order valence-electron chi connectivity index (χ2n) is 8.37. The highest BCUT2D eigenvalue weighted by molar-refractivity contribution is 6.07. The van der Waals surface area contributed by atoms with Crippen LogP contribution >= 0.6 is 0 Å². The normalized spacial score (nSPS) is 16.7. The number of nitrogens with one attached hydrogen (secondary N) is 2. The summed E-state index contributed by atoms with van der Waals surface area (Å²) in [6.45, 7) is 1.22. The molecular weight excluding hydrogens is 496 g/mol. The average Bonchev–Trinajstić information content (AvgIpc) is 2.89.